The van der Waals surface area contributed by atoms with Crippen molar-refractivity contribution in [2.45, 2.75) is 25.5 Å². The highest BCUT2D eigenvalue weighted by Gasteiger charge is 2.26. The van der Waals surface area contributed by atoms with Gasteiger partial charge in [-0.1, -0.05) is 41.9 Å². The fourth-order valence-corrected chi connectivity index (χ4v) is 4.16. The minimum absolute atomic E-state index is 0.0218. The van der Waals surface area contributed by atoms with Crippen LogP contribution in [0.4, 0.5) is 0 Å². The lowest BCUT2D eigenvalue weighted by molar-refractivity contribution is -0.123. The average molecular weight is 439 g/mol. The number of halogens is 1. The first kappa shape index (κ1) is 21.6. The molecule has 162 valence electrons. The van der Waals surface area contributed by atoms with Crippen LogP contribution in [0.5, 0.6) is 0 Å². The minimum atomic E-state index is -0.439. The number of aliphatic hydroxyl groups is 1. The van der Waals surface area contributed by atoms with E-state index in [9.17, 15) is 9.90 Å². The zero-order chi connectivity index (χ0) is 21.6. The number of benzene rings is 2. The van der Waals surface area contributed by atoms with Gasteiger partial charge in [0.05, 0.1) is 19.2 Å². The molecule has 31 heavy (non-hydrogen) atoms. The Morgan fingerprint density at radius 3 is 2.48 bits per heavy atom. The second kappa shape index (κ2) is 10.1. The summed E-state index contributed by atoms with van der Waals surface area (Å²) >= 11 is 5.93. The molecule has 1 atom stereocenters. The summed E-state index contributed by atoms with van der Waals surface area (Å²) in [7, 11) is 0. The first-order chi connectivity index (χ1) is 15.1. The maximum absolute atomic E-state index is 12.4. The van der Waals surface area contributed by atoms with Crippen LogP contribution in [0.1, 0.15) is 30.3 Å². The number of piperidine rings is 1. The first-order valence-corrected chi connectivity index (χ1v) is 11.0. The molecule has 1 aliphatic rings. The van der Waals surface area contributed by atoms with Gasteiger partial charge in [0.15, 0.2) is 0 Å². The van der Waals surface area contributed by atoms with Crippen molar-refractivity contribution in [3.05, 3.63) is 83.1 Å². The maximum Gasteiger partial charge on any atom is 0.234 e. The van der Waals surface area contributed by atoms with Gasteiger partial charge in [-0.2, -0.15) is 0 Å². The topological polar surface area (TPSA) is 65.7 Å². The molecule has 1 saturated heterocycles. The van der Waals surface area contributed by atoms with Gasteiger partial charge in [0.25, 0.3) is 0 Å². The number of nitrogens with zero attached hydrogens (tertiary/aromatic N) is 1. The fraction of sp³-hybridized carbons (Fsp3) is 0.320. The summed E-state index contributed by atoms with van der Waals surface area (Å²) in [5.74, 6) is 1.67. The van der Waals surface area contributed by atoms with Crippen molar-refractivity contribution in [1.29, 1.82) is 0 Å². The Hall–Kier alpha value is -2.60. The summed E-state index contributed by atoms with van der Waals surface area (Å²) in [4.78, 5) is 14.5. The van der Waals surface area contributed by atoms with Gasteiger partial charge in [0, 0.05) is 10.6 Å². The monoisotopic (exact) mass is 438 g/mol. The van der Waals surface area contributed by atoms with E-state index in [0.717, 1.165) is 42.8 Å². The molecule has 1 fully saturated rings. The van der Waals surface area contributed by atoms with Crippen molar-refractivity contribution in [2.24, 2.45) is 5.92 Å². The minimum Gasteiger partial charge on any atom is -0.459 e. The summed E-state index contributed by atoms with van der Waals surface area (Å²) in [5, 5.41) is 14.2. The van der Waals surface area contributed by atoms with Crippen LogP contribution in [0.3, 0.4) is 0 Å². The zero-order valence-corrected chi connectivity index (χ0v) is 18.1. The van der Waals surface area contributed by atoms with E-state index in [0.29, 0.717) is 23.9 Å². The van der Waals surface area contributed by atoms with E-state index in [1.54, 1.807) is 0 Å². The highest BCUT2D eigenvalue weighted by atomic mass is 35.5. The van der Waals surface area contributed by atoms with E-state index in [2.05, 4.69) is 10.2 Å². The largest absolute Gasteiger partial charge is 0.459 e. The van der Waals surface area contributed by atoms with Crippen LogP contribution in [-0.4, -0.2) is 35.5 Å². The lowest BCUT2D eigenvalue weighted by Crippen LogP contribution is -2.42. The Bertz CT molecular complexity index is 980. The van der Waals surface area contributed by atoms with E-state index < -0.39 is 6.10 Å². The van der Waals surface area contributed by atoms with Crippen molar-refractivity contribution in [3.8, 4) is 11.3 Å². The summed E-state index contributed by atoms with van der Waals surface area (Å²) in [6.45, 7) is 2.33. The van der Waals surface area contributed by atoms with Crippen LogP contribution in [0, 0.1) is 5.92 Å². The van der Waals surface area contributed by atoms with Crippen LogP contribution >= 0.6 is 11.6 Å². The number of hydrogen-bond acceptors (Lipinski definition) is 4. The predicted octanol–water partition coefficient (Wildman–Crippen LogP) is 4.66. The van der Waals surface area contributed by atoms with Crippen molar-refractivity contribution in [2.75, 3.05) is 19.6 Å². The van der Waals surface area contributed by atoms with Gasteiger partial charge in [-0.25, -0.2) is 0 Å². The molecule has 2 heterocycles. The summed E-state index contributed by atoms with van der Waals surface area (Å²) in [5.41, 5.74) is 1.91. The molecule has 2 aromatic carbocycles. The Labute approximate surface area is 187 Å². The van der Waals surface area contributed by atoms with Gasteiger partial charge in [0.1, 0.15) is 11.5 Å². The zero-order valence-electron chi connectivity index (χ0n) is 17.3. The van der Waals surface area contributed by atoms with Crippen LogP contribution < -0.4 is 5.32 Å². The smallest absolute Gasteiger partial charge is 0.234 e. The number of likely N-dealkylation sites (tertiary alicyclic amines) is 1. The molecule has 0 aliphatic carbocycles. The van der Waals surface area contributed by atoms with E-state index in [4.69, 9.17) is 16.0 Å². The number of nitrogens with one attached hydrogen (secondary N) is 1. The highest BCUT2D eigenvalue weighted by molar-refractivity contribution is 6.30. The molecule has 1 aromatic heterocycles. The van der Waals surface area contributed by atoms with Crippen LogP contribution in [0.15, 0.2) is 71.1 Å². The number of amides is 1. The highest BCUT2D eigenvalue weighted by Crippen LogP contribution is 2.30. The van der Waals surface area contributed by atoms with Gasteiger partial charge in [0.2, 0.25) is 5.91 Å². The van der Waals surface area contributed by atoms with Gasteiger partial charge < -0.3 is 14.8 Å². The molecule has 1 amide bonds. The third-order valence-electron chi connectivity index (χ3n) is 5.84. The summed E-state index contributed by atoms with van der Waals surface area (Å²) in [6.07, 6.45) is 1.32. The molecule has 0 saturated carbocycles. The summed E-state index contributed by atoms with van der Waals surface area (Å²) < 4.78 is 5.83. The third kappa shape index (κ3) is 5.76. The number of rotatable bonds is 7. The Morgan fingerprint density at radius 1 is 1.06 bits per heavy atom. The number of aliphatic hydroxyl groups excluding tert-OH is 1. The molecule has 0 radical (unpaired) electrons. The van der Waals surface area contributed by atoms with Crippen LogP contribution in [0.25, 0.3) is 11.3 Å². The molecule has 3 aromatic rings. The predicted molar refractivity (Wildman–Crippen MR) is 122 cm³/mol. The van der Waals surface area contributed by atoms with Crippen molar-refractivity contribution in [1.82, 2.24) is 10.2 Å². The van der Waals surface area contributed by atoms with E-state index >= 15 is 0 Å². The average Bonchev–Trinajstić information content (AvgIpc) is 3.28. The van der Waals surface area contributed by atoms with Crippen molar-refractivity contribution < 1.29 is 14.3 Å². The van der Waals surface area contributed by atoms with E-state index in [-0.39, 0.29) is 11.8 Å². The van der Waals surface area contributed by atoms with Crippen LogP contribution in [-0.2, 0) is 11.3 Å². The van der Waals surface area contributed by atoms with Gasteiger partial charge in [-0.15, -0.1) is 0 Å². The standard InChI is InChI=1S/C25H27ClN2O3/c26-21-8-6-18(7-9-21)23-11-10-22(31-23)16-27-24(29)17-28-14-12-20(13-15-28)25(30)19-4-2-1-3-5-19/h1-11,20,25,30H,12-17H2,(H,27,29). The molecule has 0 bridgehead atoms. The second-order valence-electron chi connectivity index (χ2n) is 8.02. The third-order valence-corrected chi connectivity index (χ3v) is 6.09. The number of carbonyl (C=O) groups excluding carboxylic acids is 1. The number of carbonyl (C=O) groups is 1. The molecular formula is C25H27ClN2O3. The number of furan rings is 1. The Kier molecular flexibility index (Phi) is 7.07. The molecule has 5 nitrogen and oxygen atoms in total. The summed E-state index contributed by atoms with van der Waals surface area (Å²) in [6, 6.07) is 21.0. The van der Waals surface area contributed by atoms with E-state index in [1.807, 2.05) is 66.7 Å². The molecule has 2 N–H and O–H groups in total. The molecule has 4 rings (SSSR count). The van der Waals surface area contributed by atoms with Gasteiger partial charge in [-0.05, 0) is 73.8 Å². The SMILES string of the molecule is O=C(CN1CCC(C(O)c2ccccc2)CC1)NCc1ccc(-c2ccc(Cl)cc2)o1. The molecule has 6 heteroatoms. The first-order valence-electron chi connectivity index (χ1n) is 10.7. The van der Waals surface area contributed by atoms with E-state index in [1.165, 1.54) is 0 Å². The Balaban J connectivity index is 1.21. The fourth-order valence-electron chi connectivity index (χ4n) is 4.04. The lowest BCUT2D eigenvalue weighted by atomic mass is 9.87. The quantitative estimate of drug-likeness (QED) is 0.563. The Morgan fingerprint density at radius 2 is 1.77 bits per heavy atom. The maximum atomic E-state index is 12.4. The molecule has 1 aliphatic heterocycles. The molecular weight excluding hydrogens is 412 g/mol. The lowest BCUT2D eigenvalue weighted by Gasteiger charge is -2.33. The molecule has 0 spiro atoms. The van der Waals surface area contributed by atoms with Gasteiger partial charge in [-0.3, -0.25) is 9.69 Å². The van der Waals surface area contributed by atoms with Gasteiger partial charge >= 0.3 is 0 Å². The van der Waals surface area contributed by atoms with Crippen molar-refractivity contribution in [3.63, 3.8) is 0 Å². The van der Waals surface area contributed by atoms with Crippen LogP contribution in [0.2, 0.25) is 5.02 Å². The second-order valence-corrected chi connectivity index (χ2v) is 8.46. The number of hydrogen-bond donors (Lipinski definition) is 2. The van der Waals surface area contributed by atoms with Crippen molar-refractivity contribution >= 4 is 17.5 Å². The normalized spacial score (nSPS) is 16.2. The molecule has 1 unspecified atom stereocenters.